The van der Waals surface area contributed by atoms with E-state index >= 15 is 0 Å². The Bertz CT molecular complexity index is 389. The van der Waals surface area contributed by atoms with Crippen molar-refractivity contribution in [1.29, 1.82) is 0 Å². The first-order valence-corrected chi connectivity index (χ1v) is 5.45. The average Bonchev–Trinajstić information content (AvgIpc) is 2.23. The topological polar surface area (TPSA) is 71.2 Å². The highest BCUT2D eigenvalue weighted by Crippen LogP contribution is 2.17. The summed E-state index contributed by atoms with van der Waals surface area (Å²) in [6, 6.07) is 3.86. The first kappa shape index (κ1) is 10.9. The SMILES string of the molecule is CCN(c1cc(C(N)=O)ccn1)C1CNC1. The minimum atomic E-state index is -0.411. The zero-order chi connectivity index (χ0) is 11.5. The highest BCUT2D eigenvalue weighted by atomic mass is 16.1. The maximum Gasteiger partial charge on any atom is 0.248 e. The molecule has 1 fully saturated rings. The van der Waals surface area contributed by atoms with Crippen molar-refractivity contribution in [3.8, 4) is 0 Å². The molecule has 1 saturated heterocycles. The molecule has 0 saturated carbocycles. The number of aromatic nitrogens is 1. The molecule has 0 spiro atoms. The second-order valence-electron chi connectivity index (χ2n) is 3.87. The van der Waals surface area contributed by atoms with Crippen molar-refractivity contribution < 1.29 is 4.79 Å². The molecule has 3 N–H and O–H groups in total. The van der Waals surface area contributed by atoms with E-state index < -0.39 is 5.91 Å². The van der Waals surface area contributed by atoms with Crippen LogP contribution in [0.3, 0.4) is 0 Å². The van der Waals surface area contributed by atoms with E-state index in [9.17, 15) is 4.79 Å². The average molecular weight is 220 g/mol. The minimum absolute atomic E-state index is 0.411. The second-order valence-corrected chi connectivity index (χ2v) is 3.87. The number of pyridine rings is 1. The molecule has 16 heavy (non-hydrogen) atoms. The third-order valence-electron chi connectivity index (χ3n) is 2.87. The van der Waals surface area contributed by atoms with Gasteiger partial charge in [0.15, 0.2) is 0 Å². The summed E-state index contributed by atoms with van der Waals surface area (Å²) in [5.41, 5.74) is 5.76. The first-order chi connectivity index (χ1) is 7.72. The summed E-state index contributed by atoms with van der Waals surface area (Å²) in [5, 5.41) is 3.22. The molecule has 1 aliphatic rings. The van der Waals surface area contributed by atoms with Crippen LogP contribution in [0.4, 0.5) is 5.82 Å². The van der Waals surface area contributed by atoms with Gasteiger partial charge in [-0.05, 0) is 19.1 Å². The lowest BCUT2D eigenvalue weighted by molar-refractivity contribution is 0.1000. The summed E-state index contributed by atoms with van der Waals surface area (Å²) >= 11 is 0. The summed E-state index contributed by atoms with van der Waals surface area (Å²) in [6.07, 6.45) is 1.63. The summed E-state index contributed by atoms with van der Waals surface area (Å²) < 4.78 is 0. The van der Waals surface area contributed by atoms with Crippen molar-refractivity contribution in [3.63, 3.8) is 0 Å². The van der Waals surface area contributed by atoms with Crippen LogP contribution in [-0.2, 0) is 0 Å². The van der Waals surface area contributed by atoms with E-state index in [4.69, 9.17) is 5.73 Å². The van der Waals surface area contributed by atoms with E-state index in [1.807, 2.05) is 0 Å². The van der Waals surface area contributed by atoms with Crippen LogP contribution in [0, 0.1) is 0 Å². The van der Waals surface area contributed by atoms with Crippen molar-refractivity contribution in [2.24, 2.45) is 5.73 Å². The summed E-state index contributed by atoms with van der Waals surface area (Å²) in [5.74, 6) is 0.414. The number of nitrogens with one attached hydrogen (secondary N) is 1. The van der Waals surface area contributed by atoms with Crippen LogP contribution in [0.15, 0.2) is 18.3 Å². The molecule has 2 rings (SSSR count). The Morgan fingerprint density at radius 3 is 2.94 bits per heavy atom. The largest absolute Gasteiger partial charge is 0.366 e. The Balaban J connectivity index is 2.23. The van der Waals surface area contributed by atoms with E-state index in [1.54, 1.807) is 18.3 Å². The van der Waals surface area contributed by atoms with Crippen LogP contribution in [0.1, 0.15) is 17.3 Å². The number of amides is 1. The van der Waals surface area contributed by atoms with Crippen molar-refractivity contribution in [2.75, 3.05) is 24.5 Å². The fourth-order valence-electron chi connectivity index (χ4n) is 1.83. The van der Waals surface area contributed by atoms with Crippen LogP contribution in [0.2, 0.25) is 0 Å². The van der Waals surface area contributed by atoms with Crippen molar-refractivity contribution in [2.45, 2.75) is 13.0 Å². The number of anilines is 1. The standard InChI is InChI=1S/C11H16N4O/c1-2-15(9-6-13-7-9)10-5-8(11(12)16)3-4-14-10/h3-5,9,13H,2,6-7H2,1H3,(H2,12,16). The van der Waals surface area contributed by atoms with Crippen molar-refractivity contribution >= 4 is 11.7 Å². The maximum atomic E-state index is 11.1. The maximum absolute atomic E-state index is 11.1. The van der Waals surface area contributed by atoms with Crippen LogP contribution in [0.5, 0.6) is 0 Å². The number of nitrogens with zero attached hydrogens (tertiary/aromatic N) is 2. The molecule has 0 aromatic carbocycles. The van der Waals surface area contributed by atoms with Gasteiger partial charge >= 0.3 is 0 Å². The molecule has 2 heterocycles. The third-order valence-corrected chi connectivity index (χ3v) is 2.87. The molecule has 0 unspecified atom stereocenters. The molecule has 0 radical (unpaired) electrons. The Labute approximate surface area is 94.6 Å². The molecule has 1 aliphatic heterocycles. The molecule has 1 amide bonds. The predicted octanol–water partition coefficient (Wildman–Crippen LogP) is -0.0214. The Morgan fingerprint density at radius 2 is 2.44 bits per heavy atom. The van der Waals surface area contributed by atoms with Gasteiger partial charge in [0.1, 0.15) is 5.82 Å². The monoisotopic (exact) mass is 220 g/mol. The number of carbonyl (C=O) groups excluding carboxylic acids is 1. The second kappa shape index (κ2) is 4.49. The molecule has 0 bridgehead atoms. The number of nitrogens with two attached hydrogens (primary N) is 1. The molecule has 0 aliphatic carbocycles. The molecular weight excluding hydrogens is 204 g/mol. The predicted molar refractivity (Wildman–Crippen MR) is 62.4 cm³/mol. The van der Waals surface area contributed by atoms with Gasteiger partial charge in [0.2, 0.25) is 5.91 Å². The summed E-state index contributed by atoms with van der Waals surface area (Å²) in [4.78, 5) is 17.6. The highest BCUT2D eigenvalue weighted by Gasteiger charge is 2.24. The zero-order valence-electron chi connectivity index (χ0n) is 9.31. The van der Waals surface area contributed by atoms with Gasteiger partial charge in [-0.15, -0.1) is 0 Å². The molecule has 1 aromatic rings. The van der Waals surface area contributed by atoms with Gasteiger partial charge in [0.25, 0.3) is 0 Å². The number of likely N-dealkylation sites (N-methyl/N-ethyl adjacent to an activating group) is 1. The number of carbonyl (C=O) groups is 1. The lowest BCUT2D eigenvalue weighted by atomic mass is 10.1. The van der Waals surface area contributed by atoms with Gasteiger partial charge in [-0.3, -0.25) is 4.79 Å². The smallest absolute Gasteiger partial charge is 0.248 e. The van der Waals surface area contributed by atoms with Crippen LogP contribution < -0.4 is 16.0 Å². The van der Waals surface area contributed by atoms with Crippen LogP contribution >= 0.6 is 0 Å². The van der Waals surface area contributed by atoms with Gasteiger partial charge < -0.3 is 16.0 Å². The van der Waals surface area contributed by atoms with Gasteiger partial charge in [0, 0.05) is 31.4 Å². The first-order valence-electron chi connectivity index (χ1n) is 5.45. The van der Waals surface area contributed by atoms with Crippen molar-refractivity contribution in [3.05, 3.63) is 23.9 Å². The minimum Gasteiger partial charge on any atom is -0.366 e. The molecule has 5 nitrogen and oxygen atoms in total. The highest BCUT2D eigenvalue weighted by molar-refractivity contribution is 5.93. The van der Waals surface area contributed by atoms with Gasteiger partial charge in [-0.2, -0.15) is 0 Å². The number of hydrogen-bond acceptors (Lipinski definition) is 4. The molecular formula is C11H16N4O. The number of primary amides is 1. The summed E-state index contributed by atoms with van der Waals surface area (Å²) in [6.45, 7) is 4.89. The van der Waals surface area contributed by atoms with Gasteiger partial charge in [0.05, 0.1) is 6.04 Å². The Hall–Kier alpha value is -1.62. The van der Waals surface area contributed by atoms with Gasteiger partial charge in [-0.1, -0.05) is 0 Å². The number of rotatable bonds is 4. The van der Waals surface area contributed by atoms with E-state index in [0.717, 1.165) is 25.5 Å². The van der Waals surface area contributed by atoms with Crippen LogP contribution in [0.25, 0.3) is 0 Å². The normalized spacial score (nSPS) is 15.6. The third kappa shape index (κ3) is 1.99. The fourth-order valence-corrected chi connectivity index (χ4v) is 1.83. The lowest BCUT2D eigenvalue weighted by Gasteiger charge is -2.38. The molecule has 1 aromatic heterocycles. The molecule has 5 heteroatoms. The van der Waals surface area contributed by atoms with E-state index in [1.165, 1.54) is 0 Å². The van der Waals surface area contributed by atoms with E-state index in [-0.39, 0.29) is 0 Å². The fraction of sp³-hybridized carbons (Fsp3) is 0.455. The van der Waals surface area contributed by atoms with Crippen molar-refractivity contribution in [1.82, 2.24) is 10.3 Å². The Kier molecular flexibility index (Phi) is 3.05. The van der Waals surface area contributed by atoms with Crippen LogP contribution in [-0.4, -0.2) is 36.6 Å². The van der Waals surface area contributed by atoms with E-state index in [0.29, 0.717) is 11.6 Å². The quantitative estimate of drug-likeness (QED) is 0.748. The van der Waals surface area contributed by atoms with E-state index in [2.05, 4.69) is 22.1 Å². The number of hydrogen-bond donors (Lipinski definition) is 2. The zero-order valence-corrected chi connectivity index (χ0v) is 9.31. The Morgan fingerprint density at radius 1 is 1.69 bits per heavy atom. The molecule has 0 atom stereocenters. The lowest BCUT2D eigenvalue weighted by Crippen LogP contribution is -2.57. The summed E-state index contributed by atoms with van der Waals surface area (Å²) in [7, 11) is 0. The molecule has 86 valence electrons. The van der Waals surface area contributed by atoms with Gasteiger partial charge in [-0.25, -0.2) is 4.98 Å².